The third-order valence-corrected chi connectivity index (χ3v) is 7.59. The Kier molecular flexibility index (Phi) is 6.38. The Bertz CT molecular complexity index is 1120. The second-order valence-corrected chi connectivity index (χ2v) is 9.77. The third-order valence-electron chi connectivity index (χ3n) is 6.62. The number of methoxy groups -OCH3 is 1. The number of hydrogen-bond donors (Lipinski definition) is 3. The van der Waals surface area contributed by atoms with E-state index in [0.717, 1.165) is 22.9 Å². The number of hydrazone groups is 1. The van der Waals surface area contributed by atoms with E-state index in [2.05, 4.69) is 69.4 Å². The lowest BCUT2D eigenvalue weighted by atomic mass is 9.97. The molecule has 1 saturated heterocycles. The molecule has 0 radical (unpaired) electrons. The highest BCUT2D eigenvalue weighted by molar-refractivity contribution is 8.14. The minimum Gasteiger partial charge on any atom is -0.497 e. The molecule has 178 valence electrons. The molecule has 3 N–H and O–H groups in total. The SMILES string of the molecule is COc1ccc(CNC(=O)CSC2=NNC3C4CC(c5ccc(C)c(C)c5)NN4C=CN23)cc1. The molecular weight excluding hydrogens is 448 g/mol. The zero-order chi connectivity index (χ0) is 23.7. The summed E-state index contributed by atoms with van der Waals surface area (Å²) >= 11 is 1.45. The van der Waals surface area contributed by atoms with Crippen LogP contribution in [0.3, 0.4) is 0 Å². The molecule has 34 heavy (non-hydrogen) atoms. The van der Waals surface area contributed by atoms with E-state index in [9.17, 15) is 4.79 Å². The largest absolute Gasteiger partial charge is 0.497 e. The van der Waals surface area contributed by atoms with Crippen LogP contribution in [-0.2, 0) is 11.3 Å². The average Bonchev–Trinajstić information content (AvgIpc) is 3.47. The molecule has 0 spiro atoms. The molecule has 0 aliphatic carbocycles. The minimum atomic E-state index is -0.0214. The lowest BCUT2D eigenvalue weighted by molar-refractivity contribution is -0.118. The molecule has 2 aromatic carbocycles. The van der Waals surface area contributed by atoms with E-state index in [1.807, 2.05) is 30.5 Å². The Balaban J connectivity index is 1.13. The van der Waals surface area contributed by atoms with Gasteiger partial charge in [0.1, 0.15) is 11.9 Å². The monoisotopic (exact) mass is 478 g/mol. The molecule has 1 amide bonds. The maximum Gasteiger partial charge on any atom is 0.230 e. The van der Waals surface area contributed by atoms with E-state index < -0.39 is 0 Å². The van der Waals surface area contributed by atoms with Gasteiger partial charge in [-0.1, -0.05) is 42.1 Å². The van der Waals surface area contributed by atoms with Crippen molar-refractivity contribution in [1.82, 2.24) is 26.1 Å². The first-order valence-electron chi connectivity index (χ1n) is 11.5. The maximum atomic E-state index is 12.4. The number of amides is 1. The van der Waals surface area contributed by atoms with Crippen LogP contribution in [0.5, 0.6) is 5.75 Å². The molecule has 3 aliphatic rings. The number of ether oxygens (including phenoxy) is 1. The molecule has 3 aliphatic heterocycles. The quantitative estimate of drug-likeness (QED) is 0.589. The molecule has 3 atom stereocenters. The van der Waals surface area contributed by atoms with E-state index in [1.165, 1.54) is 28.5 Å². The number of fused-ring (bicyclic) bond motifs is 3. The first-order valence-corrected chi connectivity index (χ1v) is 12.4. The van der Waals surface area contributed by atoms with Crippen LogP contribution in [0.15, 0.2) is 60.0 Å². The number of rotatable bonds is 6. The van der Waals surface area contributed by atoms with Gasteiger partial charge in [0.2, 0.25) is 5.91 Å². The minimum absolute atomic E-state index is 0.0214. The van der Waals surface area contributed by atoms with Crippen molar-refractivity contribution in [2.24, 2.45) is 5.10 Å². The van der Waals surface area contributed by atoms with Crippen molar-refractivity contribution in [3.05, 3.63) is 77.1 Å². The van der Waals surface area contributed by atoms with Crippen LogP contribution in [0.1, 0.15) is 34.7 Å². The van der Waals surface area contributed by atoms with Crippen molar-refractivity contribution in [3.8, 4) is 5.75 Å². The molecular formula is C25H30N6O2S. The molecule has 9 heteroatoms. The van der Waals surface area contributed by atoms with Gasteiger partial charge in [-0.25, -0.2) is 5.43 Å². The van der Waals surface area contributed by atoms with Crippen LogP contribution in [-0.4, -0.2) is 46.1 Å². The second-order valence-electron chi connectivity index (χ2n) is 8.82. The Morgan fingerprint density at radius 1 is 1.18 bits per heavy atom. The summed E-state index contributed by atoms with van der Waals surface area (Å²) in [6, 6.07) is 14.9. The summed E-state index contributed by atoms with van der Waals surface area (Å²) in [5.74, 6) is 1.09. The summed E-state index contributed by atoms with van der Waals surface area (Å²) in [7, 11) is 1.64. The van der Waals surface area contributed by atoms with Crippen molar-refractivity contribution < 1.29 is 9.53 Å². The van der Waals surface area contributed by atoms with Gasteiger partial charge < -0.3 is 20.0 Å². The van der Waals surface area contributed by atoms with Gasteiger partial charge in [0.15, 0.2) is 5.17 Å². The zero-order valence-electron chi connectivity index (χ0n) is 19.6. The van der Waals surface area contributed by atoms with Crippen LogP contribution in [0.4, 0.5) is 0 Å². The number of nitrogens with one attached hydrogen (secondary N) is 3. The molecule has 1 fully saturated rings. The summed E-state index contributed by atoms with van der Waals surface area (Å²) in [5.41, 5.74) is 11.9. The molecule has 2 aromatic rings. The maximum absolute atomic E-state index is 12.4. The van der Waals surface area contributed by atoms with E-state index in [1.54, 1.807) is 7.11 Å². The molecule has 3 heterocycles. The normalized spacial score (nSPS) is 22.7. The summed E-state index contributed by atoms with van der Waals surface area (Å²) in [5, 5.41) is 10.5. The van der Waals surface area contributed by atoms with Gasteiger partial charge in [-0.15, -0.1) is 0 Å². The number of carbonyl (C=O) groups is 1. The van der Waals surface area contributed by atoms with E-state index in [0.29, 0.717) is 12.3 Å². The van der Waals surface area contributed by atoms with Crippen LogP contribution >= 0.6 is 11.8 Å². The highest BCUT2D eigenvalue weighted by atomic mass is 32.2. The van der Waals surface area contributed by atoms with Crippen LogP contribution in [0.25, 0.3) is 0 Å². The van der Waals surface area contributed by atoms with Crippen LogP contribution < -0.4 is 20.9 Å². The standard InChI is InChI=1S/C25H30N6O2S/c1-16-4-7-19(12-17(16)2)21-13-22-24-27-28-25(30(24)10-11-31(22)29-21)34-15-23(32)26-14-18-5-8-20(33-3)9-6-18/h4-12,21-22,24,27,29H,13-15H2,1-3H3,(H,26,32). The van der Waals surface area contributed by atoms with Gasteiger partial charge in [-0.2, -0.15) is 5.10 Å². The van der Waals surface area contributed by atoms with Gasteiger partial charge in [-0.05, 0) is 54.7 Å². The van der Waals surface area contributed by atoms with Crippen molar-refractivity contribution in [3.63, 3.8) is 0 Å². The van der Waals surface area contributed by atoms with Gasteiger partial charge >= 0.3 is 0 Å². The van der Waals surface area contributed by atoms with Crippen molar-refractivity contribution in [1.29, 1.82) is 0 Å². The molecule has 3 unspecified atom stereocenters. The first kappa shape index (κ1) is 22.6. The predicted octanol–water partition coefficient (Wildman–Crippen LogP) is 2.97. The number of thioether (sulfide) groups is 1. The molecule has 8 nitrogen and oxygen atoms in total. The summed E-state index contributed by atoms with van der Waals surface area (Å²) in [6.07, 6.45) is 5.10. The van der Waals surface area contributed by atoms with Crippen molar-refractivity contribution >= 4 is 22.8 Å². The Hall–Kier alpha value is -3.17. The number of carbonyl (C=O) groups excluding carboxylic acids is 1. The summed E-state index contributed by atoms with van der Waals surface area (Å²) in [4.78, 5) is 14.5. The number of benzene rings is 2. The highest BCUT2D eigenvalue weighted by Gasteiger charge is 2.44. The van der Waals surface area contributed by atoms with E-state index in [4.69, 9.17) is 4.74 Å². The van der Waals surface area contributed by atoms with Gasteiger partial charge in [0, 0.05) is 18.9 Å². The Morgan fingerprint density at radius 2 is 2.00 bits per heavy atom. The molecule has 5 rings (SSSR count). The van der Waals surface area contributed by atoms with E-state index in [-0.39, 0.29) is 24.2 Å². The Morgan fingerprint density at radius 3 is 2.76 bits per heavy atom. The zero-order valence-corrected chi connectivity index (χ0v) is 20.4. The predicted molar refractivity (Wildman–Crippen MR) is 135 cm³/mol. The average molecular weight is 479 g/mol. The fourth-order valence-electron chi connectivity index (χ4n) is 4.47. The van der Waals surface area contributed by atoms with Gasteiger partial charge in [-0.3, -0.25) is 10.2 Å². The number of amidine groups is 1. The fourth-order valence-corrected chi connectivity index (χ4v) is 5.28. The summed E-state index contributed by atoms with van der Waals surface area (Å²) < 4.78 is 5.17. The lowest BCUT2D eigenvalue weighted by Gasteiger charge is -2.36. The van der Waals surface area contributed by atoms with E-state index >= 15 is 0 Å². The molecule has 0 aromatic heterocycles. The fraction of sp³-hybridized carbons (Fsp3) is 0.360. The summed E-state index contributed by atoms with van der Waals surface area (Å²) in [6.45, 7) is 4.79. The third kappa shape index (κ3) is 4.58. The highest BCUT2D eigenvalue weighted by Crippen LogP contribution is 2.35. The number of aryl methyl sites for hydroxylation is 2. The Labute approximate surface area is 204 Å². The first-order chi connectivity index (χ1) is 16.5. The number of hydrazine groups is 1. The van der Waals surface area contributed by atoms with Gasteiger partial charge in [0.25, 0.3) is 0 Å². The molecule has 0 bridgehead atoms. The van der Waals surface area contributed by atoms with Gasteiger partial charge in [0.05, 0.1) is 24.9 Å². The molecule has 0 saturated carbocycles. The lowest BCUT2D eigenvalue weighted by Crippen LogP contribution is -2.54. The van der Waals surface area contributed by atoms with Crippen molar-refractivity contribution in [2.75, 3.05) is 12.9 Å². The van der Waals surface area contributed by atoms with Crippen molar-refractivity contribution in [2.45, 2.75) is 45.1 Å². The number of hydrogen-bond acceptors (Lipinski definition) is 8. The number of nitrogens with zero attached hydrogens (tertiary/aromatic N) is 3. The topological polar surface area (TPSA) is 81.2 Å². The van der Waals surface area contributed by atoms with Crippen LogP contribution in [0, 0.1) is 13.8 Å². The second kappa shape index (κ2) is 9.60. The van der Waals surface area contributed by atoms with Crippen LogP contribution in [0.2, 0.25) is 0 Å². The smallest absolute Gasteiger partial charge is 0.230 e.